The first kappa shape index (κ1) is 9.42. The molecule has 2 rings (SSSR count). The van der Waals surface area contributed by atoms with Crippen LogP contribution in [-0.4, -0.2) is 24.7 Å². The molecule has 0 radical (unpaired) electrons. The van der Waals surface area contributed by atoms with Crippen molar-refractivity contribution in [3.8, 4) is 0 Å². The maximum Gasteiger partial charge on any atom is 0.257 e. The largest absolute Gasteiger partial charge is 0.266 e. The summed E-state index contributed by atoms with van der Waals surface area (Å²) in [6.45, 7) is 0. The molecular formula is C8H11N3O2S. The van der Waals surface area contributed by atoms with E-state index in [2.05, 4.69) is 14.9 Å². The van der Waals surface area contributed by atoms with Crippen LogP contribution in [0.15, 0.2) is 29.4 Å². The zero-order valence-electron chi connectivity index (χ0n) is 7.47. The quantitative estimate of drug-likeness (QED) is 0.714. The first-order valence-electron chi connectivity index (χ1n) is 4.35. The Labute approximate surface area is 82.3 Å². The van der Waals surface area contributed by atoms with Crippen LogP contribution >= 0.6 is 0 Å². The highest BCUT2D eigenvalue weighted by molar-refractivity contribution is 7.89. The molecule has 1 aromatic rings. The fourth-order valence-electron chi connectivity index (χ4n) is 1.39. The smallest absolute Gasteiger partial charge is 0.257 e. The van der Waals surface area contributed by atoms with Gasteiger partial charge in [0.25, 0.3) is 10.0 Å². The van der Waals surface area contributed by atoms with Gasteiger partial charge < -0.3 is 0 Å². The predicted octanol–water partition coefficient (Wildman–Crippen LogP) is 0.407. The van der Waals surface area contributed by atoms with Crippen molar-refractivity contribution in [2.24, 2.45) is 0 Å². The van der Waals surface area contributed by atoms with Gasteiger partial charge in [-0.3, -0.25) is 5.10 Å². The molecule has 1 heterocycles. The molecule has 0 atom stereocenters. The number of nitrogens with one attached hydrogen (secondary N) is 2. The van der Waals surface area contributed by atoms with Crippen molar-refractivity contribution in [3.63, 3.8) is 0 Å². The summed E-state index contributed by atoms with van der Waals surface area (Å²) in [5.41, 5.74) is 0. The Morgan fingerprint density at radius 2 is 2.14 bits per heavy atom. The van der Waals surface area contributed by atoms with Gasteiger partial charge in [-0.15, -0.1) is 0 Å². The molecule has 0 saturated heterocycles. The van der Waals surface area contributed by atoms with Gasteiger partial charge in [0, 0.05) is 6.04 Å². The van der Waals surface area contributed by atoms with Crippen molar-refractivity contribution in [2.75, 3.05) is 0 Å². The van der Waals surface area contributed by atoms with E-state index < -0.39 is 10.0 Å². The van der Waals surface area contributed by atoms with Crippen molar-refractivity contribution < 1.29 is 8.42 Å². The standard InChI is InChI=1S/C8H11N3O2S/c12-14(13,8-5-6-9-10-8)11-7-3-1-2-4-7/h1-2,5-7,11H,3-4H2,(H,9,10). The first-order valence-corrected chi connectivity index (χ1v) is 5.83. The van der Waals surface area contributed by atoms with E-state index in [0.717, 1.165) is 12.8 Å². The molecule has 0 aromatic carbocycles. The number of hydrogen-bond acceptors (Lipinski definition) is 3. The fourth-order valence-corrected chi connectivity index (χ4v) is 2.56. The molecule has 1 aliphatic rings. The second-order valence-corrected chi connectivity index (χ2v) is 4.86. The van der Waals surface area contributed by atoms with Gasteiger partial charge in [0.05, 0.1) is 6.20 Å². The Kier molecular flexibility index (Phi) is 2.39. The topological polar surface area (TPSA) is 74.8 Å². The summed E-state index contributed by atoms with van der Waals surface area (Å²) in [5, 5.41) is 6.15. The highest BCUT2D eigenvalue weighted by Gasteiger charge is 2.21. The zero-order chi connectivity index (χ0) is 10.0. The van der Waals surface area contributed by atoms with Gasteiger partial charge >= 0.3 is 0 Å². The molecule has 0 amide bonds. The van der Waals surface area contributed by atoms with E-state index in [1.807, 2.05) is 12.2 Å². The lowest BCUT2D eigenvalue weighted by molar-refractivity contribution is 0.553. The summed E-state index contributed by atoms with van der Waals surface area (Å²) < 4.78 is 25.9. The summed E-state index contributed by atoms with van der Waals surface area (Å²) in [7, 11) is -3.41. The monoisotopic (exact) mass is 213 g/mol. The molecule has 0 fully saturated rings. The van der Waals surface area contributed by atoms with Crippen molar-refractivity contribution in [3.05, 3.63) is 24.4 Å². The molecule has 0 saturated carbocycles. The number of H-pyrrole nitrogens is 1. The molecule has 0 aliphatic heterocycles. The van der Waals surface area contributed by atoms with Crippen molar-refractivity contribution in [1.82, 2.24) is 14.9 Å². The molecule has 5 nitrogen and oxygen atoms in total. The van der Waals surface area contributed by atoms with E-state index in [4.69, 9.17) is 0 Å². The molecule has 1 aromatic heterocycles. The second kappa shape index (κ2) is 3.55. The lowest BCUT2D eigenvalue weighted by Gasteiger charge is -2.10. The Hall–Kier alpha value is -1.14. The Morgan fingerprint density at radius 3 is 2.71 bits per heavy atom. The number of sulfonamides is 1. The van der Waals surface area contributed by atoms with E-state index >= 15 is 0 Å². The molecule has 76 valence electrons. The SMILES string of the molecule is O=S(=O)(NC1CC=CC1)c1ccn[nH]1. The average molecular weight is 213 g/mol. The minimum atomic E-state index is -3.41. The summed E-state index contributed by atoms with van der Waals surface area (Å²) in [6.07, 6.45) is 6.88. The van der Waals surface area contributed by atoms with Crippen molar-refractivity contribution in [2.45, 2.75) is 23.9 Å². The van der Waals surface area contributed by atoms with Crippen LogP contribution in [0.5, 0.6) is 0 Å². The third-order valence-corrected chi connectivity index (χ3v) is 3.54. The van der Waals surface area contributed by atoms with Crippen LogP contribution in [0.3, 0.4) is 0 Å². The average Bonchev–Trinajstić information content (AvgIpc) is 2.71. The molecule has 14 heavy (non-hydrogen) atoms. The Morgan fingerprint density at radius 1 is 1.43 bits per heavy atom. The van der Waals surface area contributed by atoms with Crippen LogP contribution in [0.4, 0.5) is 0 Å². The van der Waals surface area contributed by atoms with Crippen LogP contribution < -0.4 is 4.72 Å². The van der Waals surface area contributed by atoms with Crippen molar-refractivity contribution in [1.29, 1.82) is 0 Å². The van der Waals surface area contributed by atoms with Crippen molar-refractivity contribution >= 4 is 10.0 Å². The van der Waals surface area contributed by atoms with Crippen LogP contribution in [0.1, 0.15) is 12.8 Å². The maximum atomic E-state index is 11.6. The van der Waals surface area contributed by atoms with E-state index in [9.17, 15) is 8.42 Å². The van der Waals surface area contributed by atoms with E-state index in [1.54, 1.807) is 0 Å². The summed E-state index contributed by atoms with van der Waals surface area (Å²) in [4.78, 5) is 0. The number of nitrogens with zero attached hydrogens (tertiary/aromatic N) is 1. The predicted molar refractivity (Wildman–Crippen MR) is 51.1 cm³/mol. The van der Waals surface area contributed by atoms with Crippen LogP contribution in [-0.2, 0) is 10.0 Å². The zero-order valence-corrected chi connectivity index (χ0v) is 8.29. The number of aromatic nitrogens is 2. The highest BCUT2D eigenvalue weighted by atomic mass is 32.2. The fraction of sp³-hybridized carbons (Fsp3) is 0.375. The minimum absolute atomic E-state index is 0.0108. The van der Waals surface area contributed by atoms with Gasteiger partial charge in [-0.05, 0) is 18.9 Å². The summed E-state index contributed by atoms with van der Waals surface area (Å²) in [5.74, 6) is 0. The molecule has 6 heteroatoms. The highest BCUT2D eigenvalue weighted by Crippen LogP contribution is 2.12. The van der Waals surface area contributed by atoms with Crippen LogP contribution in [0.25, 0.3) is 0 Å². The molecule has 1 aliphatic carbocycles. The minimum Gasteiger partial charge on any atom is -0.266 e. The number of rotatable bonds is 3. The number of aromatic amines is 1. The first-order chi connectivity index (χ1) is 6.68. The third-order valence-electron chi connectivity index (χ3n) is 2.09. The summed E-state index contributed by atoms with van der Waals surface area (Å²) >= 11 is 0. The molecule has 0 spiro atoms. The van der Waals surface area contributed by atoms with Gasteiger partial charge in [-0.2, -0.15) is 5.10 Å². The lowest BCUT2D eigenvalue weighted by atomic mass is 10.3. The molecule has 2 N–H and O–H groups in total. The van der Waals surface area contributed by atoms with Gasteiger partial charge in [-0.1, -0.05) is 12.2 Å². The normalized spacial score (nSPS) is 17.7. The van der Waals surface area contributed by atoms with Crippen LogP contribution in [0, 0.1) is 0 Å². The summed E-state index contributed by atoms with van der Waals surface area (Å²) in [6, 6.07) is 1.42. The number of hydrogen-bond donors (Lipinski definition) is 2. The van der Waals surface area contributed by atoms with Gasteiger partial charge in [-0.25, -0.2) is 13.1 Å². The van der Waals surface area contributed by atoms with E-state index in [0.29, 0.717) is 0 Å². The second-order valence-electron chi connectivity index (χ2n) is 3.18. The van der Waals surface area contributed by atoms with Gasteiger partial charge in [0.1, 0.15) is 0 Å². The Balaban J connectivity index is 2.10. The van der Waals surface area contributed by atoms with Crippen LogP contribution in [0.2, 0.25) is 0 Å². The van der Waals surface area contributed by atoms with Gasteiger partial charge in [0.2, 0.25) is 0 Å². The molecule has 0 bridgehead atoms. The molecular weight excluding hydrogens is 202 g/mol. The van der Waals surface area contributed by atoms with E-state index in [-0.39, 0.29) is 11.1 Å². The van der Waals surface area contributed by atoms with Gasteiger partial charge in [0.15, 0.2) is 5.03 Å². The lowest BCUT2D eigenvalue weighted by Crippen LogP contribution is -2.33. The third kappa shape index (κ3) is 1.85. The van der Waals surface area contributed by atoms with E-state index in [1.165, 1.54) is 12.3 Å². The Bertz CT molecular complexity index is 413. The molecule has 0 unspecified atom stereocenters. The maximum absolute atomic E-state index is 11.6.